The molecule has 0 heterocycles. The minimum atomic E-state index is -0.0437. The Morgan fingerprint density at radius 3 is 2.76 bits per heavy atom. The Morgan fingerprint density at radius 2 is 2.24 bits per heavy atom. The molecule has 1 aromatic carbocycles. The fourth-order valence-corrected chi connectivity index (χ4v) is 1.89. The van der Waals surface area contributed by atoms with E-state index >= 15 is 0 Å². The molecule has 92 valence electrons. The van der Waals surface area contributed by atoms with Crippen molar-refractivity contribution in [2.24, 2.45) is 5.73 Å². The zero-order valence-corrected chi connectivity index (χ0v) is 11.8. The SMILES string of the molecule is CCNC(=O)CNc1ccc(C(N)=S)cc1Br. The Kier molecular flexibility index (Phi) is 5.37. The number of anilines is 1. The van der Waals surface area contributed by atoms with Crippen molar-refractivity contribution >= 4 is 44.7 Å². The molecule has 0 bridgehead atoms. The first-order valence-electron chi connectivity index (χ1n) is 5.14. The van der Waals surface area contributed by atoms with E-state index in [2.05, 4.69) is 26.6 Å². The molecule has 0 saturated heterocycles. The first-order chi connectivity index (χ1) is 8.04. The first kappa shape index (κ1) is 13.9. The van der Waals surface area contributed by atoms with Crippen molar-refractivity contribution in [1.29, 1.82) is 0 Å². The van der Waals surface area contributed by atoms with Crippen molar-refractivity contribution in [3.8, 4) is 0 Å². The average molecular weight is 316 g/mol. The molecule has 6 heteroatoms. The van der Waals surface area contributed by atoms with Gasteiger partial charge in [-0.3, -0.25) is 4.79 Å². The number of amides is 1. The normalized spacial score (nSPS) is 9.76. The van der Waals surface area contributed by atoms with Crippen LogP contribution in [-0.2, 0) is 4.79 Å². The van der Waals surface area contributed by atoms with Gasteiger partial charge in [0.2, 0.25) is 5.91 Å². The van der Waals surface area contributed by atoms with Crippen LogP contribution in [0.5, 0.6) is 0 Å². The van der Waals surface area contributed by atoms with E-state index in [0.29, 0.717) is 11.5 Å². The third-order valence-electron chi connectivity index (χ3n) is 2.07. The molecule has 0 aliphatic carbocycles. The molecule has 0 aromatic heterocycles. The average Bonchev–Trinajstić information content (AvgIpc) is 2.27. The van der Waals surface area contributed by atoms with Gasteiger partial charge in [0.25, 0.3) is 0 Å². The summed E-state index contributed by atoms with van der Waals surface area (Å²) in [4.78, 5) is 11.6. The summed E-state index contributed by atoms with van der Waals surface area (Å²) in [5.41, 5.74) is 7.14. The topological polar surface area (TPSA) is 67.2 Å². The number of thiocarbonyl (C=S) groups is 1. The Labute approximate surface area is 114 Å². The molecule has 0 saturated carbocycles. The van der Waals surface area contributed by atoms with Crippen molar-refractivity contribution < 1.29 is 4.79 Å². The van der Waals surface area contributed by atoms with Gasteiger partial charge in [0.1, 0.15) is 4.99 Å². The van der Waals surface area contributed by atoms with Crippen molar-refractivity contribution in [2.75, 3.05) is 18.4 Å². The number of carbonyl (C=O) groups is 1. The highest BCUT2D eigenvalue weighted by molar-refractivity contribution is 9.10. The van der Waals surface area contributed by atoms with Gasteiger partial charge in [0.15, 0.2) is 0 Å². The van der Waals surface area contributed by atoms with E-state index in [4.69, 9.17) is 18.0 Å². The Bertz CT molecular complexity index is 437. The van der Waals surface area contributed by atoms with Crippen molar-refractivity contribution in [1.82, 2.24) is 5.32 Å². The predicted molar refractivity (Wildman–Crippen MR) is 77.2 cm³/mol. The van der Waals surface area contributed by atoms with Crippen LogP contribution in [-0.4, -0.2) is 24.0 Å². The number of hydrogen-bond donors (Lipinski definition) is 3. The van der Waals surface area contributed by atoms with Gasteiger partial charge >= 0.3 is 0 Å². The summed E-state index contributed by atoms with van der Waals surface area (Å²) < 4.78 is 0.826. The zero-order chi connectivity index (χ0) is 12.8. The lowest BCUT2D eigenvalue weighted by Gasteiger charge is -2.09. The number of likely N-dealkylation sites (N-methyl/N-ethyl adjacent to an activating group) is 1. The van der Waals surface area contributed by atoms with E-state index in [-0.39, 0.29) is 12.5 Å². The molecular weight excluding hydrogens is 302 g/mol. The molecule has 1 aromatic rings. The highest BCUT2D eigenvalue weighted by Crippen LogP contribution is 2.23. The lowest BCUT2D eigenvalue weighted by atomic mass is 10.2. The second-order valence-corrected chi connectivity index (χ2v) is 4.66. The summed E-state index contributed by atoms with van der Waals surface area (Å²) >= 11 is 8.27. The maximum Gasteiger partial charge on any atom is 0.239 e. The third-order valence-corrected chi connectivity index (χ3v) is 2.96. The summed E-state index contributed by atoms with van der Waals surface area (Å²) in [6.45, 7) is 2.74. The summed E-state index contributed by atoms with van der Waals surface area (Å²) in [7, 11) is 0. The van der Waals surface area contributed by atoms with E-state index in [0.717, 1.165) is 15.7 Å². The van der Waals surface area contributed by atoms with E-state index in [1.54, 1.807) is 0 Å². The van der Waals surface area contributed by atoms with E-state index < -0.39 is 0 Å². The standard InChI is InChI=1S/C11H14BrN3OS/c1-2-14-10(16)6-15-9-4-3-7(11(13)17)5-8(9)12/h3-5,15H,2,6H2,1H3,(H2,13,17)(H,14,16). The monoisotopic (exact) mass is 315 g/mol. The van der Waals surface area contributed by atoms with Crippen molar-refractivity contribution in [2.45, 2.75) is 6.92 Å². The van der Waals surface area contributed by atoms with Gasteiger partial charge in [-0.05, 0) is 41.1 Å². The van der Waals surface area contributed by atoms with Crippen LogP contribution in [0.2, 0.25) is 0 Å². The molecule has 17 heavy (non-hydrogen) atoms. The number of benzene rings is 1. The number of carbonyl (C=O) groups excluding carboxylic acids is 1. The quantitative estimate of drug-likeness (QED) is 0.723. The Hall–Kier alpha value is -1.14. The summed E-state index contributed by atoms with van der Waals surface area (Å²) in [5, 5.41) is 5.73. The number of hydrogen-bond acceptors (Lipinski definition) is 3. The highest BCUT2D eigenvalue weighted by Gasteiger charge is 2.04. The fraction of sp³-hybridized carbons (Fsp3) is 0.273. The first-order valence-corrected chi connectivity index (χ1v) is 6.34. The molecule has 1 amide bonds. The maximum atomic E-state index is 11.3. The maximum absolute atomic E-state index is 11.3. The minimum Gasteiger partial charge on any atom is -0.389 e. The van der Waals surface area contributed by atoms with Crippen LogP contribution in [0, 0.1) is 0 Å². The van der Waals surface area contributed by atoms with Crippen LogP contribution in [0.1, 0.15) is 12.5 Å². The molecule has 0 aliphatic rings. The molecule has 0 aliphatic heterocycles. The van der Waals surface area contributed by atoms with Gasteiger partial charge in [-0.2, -0.15) is 0 Å². The molecular formula is C11H14BrN3OS. The number of halogens is 1. The molecule has 4 N–H and O–H groups in total. The van der Waals surface area contributed by atoms with Crippen LogP contribution in [0.3, 0.4) is 0 Å². The van der Waals surface area contributed by atoms with Crippen LogP contribution in [0.4, 0.5) is 5.69 Å². The molecule has 0 fully saturated rings. The fourth-order valence-electron chi connectivity index (χ4n) is 1.25. The van der Waals surface area contributed by atoms with Crippen LogP contribution >= 0.6 is 28.1 Å². The van der Waals surface area contributed by atoms with Crippen LogP contribution < -0.4 is 16.4 Å². The van der Waals surface area contributed by atoms with E-state index in [1.165, 1.54) is 0 Å². The largest absolute Gasteiger partial charge is 0.389 e. The van der Waals surface area contributed by atoms with Crippen molar-refractivity contribution in [3.63, 3.8) is 0 Å². The van der Waals surface area contributed by atoms with Crippen molar-refractivity contribution in [3.05, 3.63) is 28.2 Å². The Balaban J connectivity index is 2.66. The number of nitrogens with two attached hydrogens (primary N) is 1. The highest BCUT2D eigenvalue weighted by atomic mass is 79.9. The molecule has 0 unspecified atom stereocenters. The molecule has 0 spiro atoms. The van der Waals surface area contributed by atoms with Crippen LogP contribution in [0.25, 0.3) is 0 Å². The van der Waals surface area contributed by atoms with Gasteiger partial charge in [0, 0.05) is 22.3 Å². The number of rotatable bonds is 5. The second kappa shape index (κ2) is 6.56. The summed E-state index contributed by atoms with van der Waals surface area (Å²) in [6, 6.07) is 5.47. The smallest absolute Gasteiger partial charge is 0.239 e. The molecule has 1 rings (SSSR count). The van der Waals surface area contributed by atoms with Gasteiger partial charge in [-0.15, -0.1) is 0 Å². The van der Waals surface area contributed by atoms with E-state index in [9.17, 15) is 4.79 Å². The zero-order valence-electron chi connectivity index (χ0n) is 9.42. The third kappa shape index (κ3) is 4.32. The van der Waals surface area contributed by atoms with Gasteiger partial charge in [-0.1, -0.05) is 12.2 Å². The van der Waals surface area contributed by atoms with Gasteiger partial charge < -0.3 is 16.4 Å². The van der Waals surface area contributed by atoms with Crippen LogP contribution in [0.15, 0.2) is 22.7 Å². The van der Waals surface area contributed by atoms with Gasteiger partial charge in [0.05, 0.1) is 6.54 Å². The summed E-state index contributed by atoms with van der Waals surface area (Å²) in [5.74, 6) is -0.0437. The molecule has 0 atom stereocenters. The van der Waals surface area contributed by atoms with Gasteiger partial charge in [-0.25, -0.2) is 0 Å². The number of nitrogens with one attached hydrogen (secondary N) is 2. The predicted octanol–water partition coefficient (Wildman–Crippen LogP) is 1.63. The summed E-state index contributed by atoms with van der Waals surface area (Å²) in [6.07, 6.45) is 0. The minimum absolute atomic E-state index is 0.0437. The molecule has 0 radical (unpaired) electrons. The lowest BCUT2D eigenvalue weighted by molar-refractivity contribution is -0.119. The Morgan fingerprint density at radius 1 is 1.53 bits per heavy atom. The lowest BCUT2D eigenvalue weighted by Crippen LogP contribution is -2.29. The molecule has 4 nitrogen and oxygen atoms in total. The second-order valence-electron chi connectivity index (χ2n) is 3.37. The van der Waals surface area contributed by atoms with E-state index in [1.807, 2.05) is 25.1 Å².